The summed E-state index contributed by atoms with van der Waals surface area (Å²) in [5.41, 5.74) is 1.43. The number of nitro groups is 1. The predicted octanol–water partition coefficient (Wildman–Crippen LogP) is 3.22. The van der Waals surface area contributed by atoms with E-state index >= 15 is 0 Å². The molecule has 0 aliphatic rings. The van der Waals surface area contributed by atoms with Crippen molar-refractivity contribution in [2.24, 2.45) is 0 Å². The van der Waals surface area contributed by atoms with Crippen LogP contribution in [-0.2, 0) is 4.74 Å². The molecule has 0 saturated carbocycles. The Kier molecular flexibility index (Phi) is 5.16. The first-order chi connectivity index (χ1) is 13.1. The highest BCUT2D eigenvalue weighted by Gasteiger charge is 2.27. The van der Waals surface area contributed by atoms with E-state index in [4.69, 9.17) is 9.47 Å². The number of benzene rings is 2. The number of methoxy groups -OCH3 is 2. The van der Waals surface area contributed by atoms with Gasteiger partial charge < -0.3 is 14.0 Å². The van der Waals surface area contributed by atoms with Crippen LogP contribution in [0.3, 0.4) is 0 Å². The van der Waals surface area contributed by atoms with Gasteiger partial charge in [-0.25, -0.2) is 9.78 Å². The zero-order valence-corrected chi connectivity index (χ0v) is 14.7. The minimum atomic E-state index is -0.559. The standard InChI is InChI=1S/C19H17N3O5/c1-26-17-11-13(19(23)27-2)7-8-15(17)18(21-10-9-20-12-21)14-5-3-4-6-16(14)22(24)25/h3-12,18H,1-2H3. The van der Waals surface area contributed by atoms with Gasteiger partial charge in [0.1, 0.15) is 5.75 Å². The Labute approximate surface area is 155 Å². The van der Waals surface area contributed by atoms with Crippen molar-refractivity contribution in [1.82, 2.24) is 9.55 Å². The molecule has 3 rings (SSSR count). The van der Waals surface area contributed by atoms with Crippen molar-refractivity contribution in [3.05, 3.63) is 88.0 Å². The molecule has 0 spiro atoms. The molecule has 3 aromatic rings. The number of carbonyl (C=O) groups excluding carboxylic acids is 1. The van der Waals surface area contributed by atoms with Gasteiger partial charge in [0.05, 0.1) is 42.6 Å². The third kappa shape index (κ3) is 3.50. The minimum Gasteiger partial charge on any atom is -0.496 e. The summed E-state index contributed by atoms with van der Waals surface area (Å²) in [6, 6.07) is 10.8. The van der Waals surface area contributed by atoms with E-state index in [1.54, 1.807) is 59.7 Å². The lowest BCUT2D eigenvalue weighted by molar-refractivity contribution is -0.385. The Hall–Kier alpha value is -3.68. The normalized spacial score (nSPS) is 11.6. The van der Waals surface area contributed by atoms with Crippen molar-refractivity contribution < 1.29 is 19.2 Å². The van der Waals surface area contributed by atoms with Crippen LogP contribution >= 0.6 is 0 Å². The van der Waals surface area contributed by atoms with Gasteiger partial charge in [0.2, 0.25) is 0 Å². The summed E-state index contributed by atoms with van der Waals surface area (Å²) in [6.45, 7) is 0. The molecular formula is C19H17N3O5. The molecule has 0 radical (unpaired) electrons. The number of hydrogen-bond donors (Lipinski definition) is 0. The van der Waals surface area contributed by atoms with Crippen LogP contribution in [0.15, 0.2) is 61.2 Å². The van der Waals surface area contributed by atoms with Crippen molar-refractivity contribution in [3.8, 4) is 5.75 Å². The number of ether oxygens (including phenoxy) is 2. The van der Waals surface area contributed by atoms with Gasteiger partial charge in [0, 0.05) is 24.0 Å². The van der Waals surface area contributed by atoms with E-state index in [1.165, 1.54) is 20.3 Å². The van der Waals surface area contributed by atoms with Crippen LogP contribution in [0, 0.1) is 10.1 Å². The molecule has 0 bridgehead atoms. The SMILES string of the molecule is COC(=O)c1ccc(C(c2ccccc2[N+](=O)[O-])n2ccnc2)c(OC)c1. The molecule has 1 unspecified atom stereocenters. The van der Waals surface area contributed by atoms with Crippen molar-refractivity contribution in [2.75, 3.05) is 14.2 Å². The lowest BCUT2D eigenvalue weighted by Crippen LogP contribution is -2.14. The van der Waals surface area contributed by atoms with Crippen LogP contribution in [0.2, 0.25) is 0 Å². The molecule has 8 nitrogen and oxygen atoms in total. The first-order valence-corrected chi connectivity index (χ1v) is 8.03. The summed E-state index contributed by atoms with van der Waals surface area (Å²) in [5, 5.41) is 11.6. The average molecular weight is 367 g/mol. The molecule has 0 aliphatic heterocycles. The molecule has 0 saturated heterocycles. The van der Waals surface area contributed by atoms with Crippen LogP contribution in [0.5, 0.6) is 5.75 Å². The predicted molar refractivity (Wildman–Crippen MR) is 96.9 cm³/mol. The molecular weight excluding hydrogens is 350 g/mol. The van der Waals surface area contributed by atoms with E-state index in [-0.39, 0.29) is 5.69 Å². The van der Waals surface area contributed by atoms with E-state index in [1.807, 2.05) is 0 Å². The summed E-state index contributed by atoms with van der Waals surface area (Å²) in [5.74, 6) is -0.0838. The van der Waals surface area contributed by atoms with Crippen molar-refractivity contribution in [1.29, 1.82) is 0 Å². The third-order valence-electron chi connectivity index (χ3n) is 4.20. The molecule has 1 aromatic heterocycles. The third-order valence-corrected chi connectivity index (χ3v) is 4.20. The number of imidazole rings is 1. The number of nitro benzene ring substituents is 1. The zero-order chi connectivity index (χ0) is 19.4. The lowest BCUT2D eigenvalue weighted by atomic mass is 9.95. The van der Waals surface area contributed by atoms with Gasteiger partial charge >= 0.3 is 5.97 Å². The Morgan fingerprint density at radius 3 is 2.59 bits per heavy atom. The molecule has 27 heavy (non-hydrogen) atoms. The maximum Gasteiger partial charge on any atom is 0.337 e. The van der Waals surface area contributed by atoms with Gasteiger partial charge in [-0.2, -0.15) is 0 Å². The molecule has 2 aromatic carbocycles. The number of esters is 1. The summed E-state index contributed by atoms with van der Waals surface area (Å²) in [4.78, 5) is 27.0. The molecule has 8 heteroatoms. The van der Waals surface area contributed by atoms with Gasteiger partial charge in [0.25, 0.3) is 5.69 Å². The van der Waals surface area contributed by atoms with Crippen LogP contribution < -0.4 is 4.74 Å². The fourth-order valence-electron chi connectivity index (χ4n) is 2.98. The Morgan fingerprint density at radius 1 is 1.19 bits per heavy atom. The van der Waals surface area contributed by atoms with Gasteiger partial charge in [-0.3, -0.25) is 10.1 Å². The summed E-state index contributed by atoms with van der Waals surface area (Å²) < 4.78 is 12.0. The Balaban J connectivity index is 2.22. The monoisotopic (exact) mass is 367 g/mol. The number of para-hydroxylation sites is 1. The molecule has 138 valence electrons. The largest absolute Gasteiger partial charge is 0.496 e. The first kappa shape index (κ1) is 18.1. The van der Waals surface area contributed by atoms with E-state index in [2.05, 4.69) is 4.98 Å². The van der Waals surface area contributed by atoms with Crippen LogP contribution in [0.4, 0.5) is 5.69 Å². The van der Waals surface area contributed by atoms with Crippen LogP contribution in [-0.4, -0.2) is 34.7 Å². The number of carbonyl (C=O) groups is 1. The highest BCUT2D eigenvalue weighted by atomic mass is 16.6. The summed E-state index contributed by atoms with van der Waals surface area (Å²) in [7, 11) is 2.77. The van der Waals surface area contributed by atoms with Crippen LogP contribution in [0.1, 0.15) is 27.5 Å². The molecule has 0 N–H and O–H groups in total. The van der Waals surface area contributed by atoms with E-state index in [0.717, 1.165) is 0 Å². The highest BCUT2D eigenvalue weighted by Crippen LogP contribution is 2.37. The topological polar surface area (TPSA) is 96.5 Å². The van der Waals surface area contributed by atoms with E-state index in [0.29, 0.717) is 22.4 Å². The highest BCUT2D eigenvalue weighted by molar-refractivity contribution is 5.90. The van der Waals surface area contributed by atoms with E-state index < -0.39 is 16.9 Å². The summed E-state index contributed by atoms with van der Waals surface area (Å²) >= 11 is 0. The molecule has 0 aliphatic carbocycles. The van der Waals surface area contributed by atoms with Gasteiger partial charge in [-0.1, -0.05) is 18.2 Å². The summed E-state index contributed by atoms with van der Waals surface area (Å²) in [6.07, 6.45) is 4.89. The first-order valence-electron chi connectivity index (χ1n) is 8.03. The second-order valence-corrected chi connectivity index (χ2v) is 5.68. The maximum atomic E-state index is 11.8. The number of hydrogen-bond acceptors (Lipinski definition) is 6. The maximum absolute atomic E-state index is 11.8. The zero-order valence-electron chi connectivity index (χ0n) is 14.7. The van der Waals surface area contributed by atoms with Crippen molar-refractivity contribution in [2.45, 2.75) is 6.04 Å². The number of aromatic nitrogens is 2. The molecule has 1 heterocycles. The Morgan fingerprint density at radius 2 is 1.96 bits per heavy atom. The quantitative estimate of drug-likeness (QED) is 0.377. The average Bonchev–Trinajstić information content (AvgIpc) is 3.22. The molecule has 1 atom stereocenters. The Bertz CT molecular complexity index is 969. The van der Waals surface area contributed by atoms with Gasteiger partial charge in [-0.15, -0.1) is 0 Å². The van der Waals surface area contributed by atoms with Gasteiger partial charge in [0.15, 0.2) is 0 Å². The molecule has 0 fully saturated rings. The van der Waals surface area contributed by atoms with Crippen molar-refractivity contribution in [3.63, 3.8) is 0 Å². The second-order valence-electron chi connectivity index (χ2n) is 5.68. The number of rotatable bonds is 6. The fraction of sp³-hybridized carbons (Fsp3) is 0.158. The van der Waals surface area contributed by atoms with Crippen LogP contribution in [0.25, 0.3) is 0 Å². The smallest absolute Gasteiger partial charge is 0.337 e. The lowest BCUT2D eigenvalue weighted by Gasteiger charge is -2.22. The molecule has 0 amide bonds. The van der Waals surface area contributed by atoms with Gasteiger partial charge in [-0.05, 0) is 18.2 Å². The number of nitrogens with zero attached hydrogens (tertiary/aromatic N) is 3. The second kappa shape index (κ2) is 7.69. The van der Waals surface area contributed by atoms with E-state index in [9.17, 15) is 14.9 Å². The minimum absolute atomic E-state index is 0.0182. The fourth-order valence-corrected chi connectivity index (χ4v) is 2.98. The van der Waals surface area contributed by atoms with Crippen molar-refractivity contribution >= 4 is 11.7 Å².